The predicted octanol–water partition coefficient (Wildman–Crippen LogP) is 3.85. The van der Waals surface area contributed by atoms with Gasteiger partial charge < -0.3 is 0 Å². The summed E-state index contributed by atoms with van der Waals surface area (Å²) in [6.45, 7) is 0. The minimum atomic E-state index is 1.17. The van der Waals surface area contributed by atoms with Gasteiger partial charge in [0.25, 0.3) is 0 Å². The zero-order chi connectivity index (χ0) is 10.8. The standard InChI is InChI=1S/C15H11N/c1-2-5-12-9-15(10-13(12)6-3-1)14-7-4-8-16-11-14/h1-11H. The molecule has 1 heteroatoms. The molecule has 0 N–H and O–H groups in total. The van der Waals surface area contributed by atoms with Gasteiger partial charge in [-0.15, -0.1) is 0 Å². The van der Waals surface area contributed by atoms with E-state index in [1.54, 1.807) is 6.20 Å². The van der Waals surface area contributed by atoms with Crippen molar-refractivity contribution in [2.75, 3.05) is 0 Å². The Balaban J connectivity index is 2.18. The van der Waals surface area contributed by atoms with Crippen LogP contribution in [-0.2, 0) is 0 Å². The molecule has 0 saturated carbocycles. The molecule has 0 saturated heterocycles. The van der Waals surface area contributed by atoms with Crippen LogP contribution in [0.3, 0.4) is 0 Å². The maximum atomic E-state index is 4.14. The largest absolute Gasteiger partial charge is 0.264 e. The second-order valence-electron chi connectivity index (χ2n) is 3.81. The summed E-state index contributed by atoms with van der Waals surface area (Å²) in [4.78, 5) is 4.14. The Morgan fingerprint density at radius 2 is 1.31 bits per heavy atom. The summed E-state index contributed by atoms with van der Waals surface area (Å²) in [7, 11) is 0. The molecule has 1 aromatic heterocycles. The van der Waals surface area contributed by atoms with Crippen molar-refractivity contribution >= 4 is 0 Å². The van der Waals surface area contributed by atoms with Gasteiger partial charge in [-0.05, 0) is 34.9 Å². The first-order valence-corrected chi connectivity index (χ1v) is 5.33. The van der Waals surface area contributed by atoms with Crippen molar-refractivity contribution in [2.45, 2.75) is 0 Å². The van der Waals surface area contributed by atoms with Crippen molar-refractivity contribution in [1.29, 1.82) is 0 Å². The maximum Gasteiger partial charge on any atom is 0.0346 e. The van der Waals surface area contributed by atoms with Crippen molar-refractivity contribution in [2.24, 2.45) is 0 Å². The number of pyridine rings is 1. The van der Waals surface area contributed by atoms with Crippen molar-refractivity contribution in [3.8, 4) is 22.3 Å². The molecule has 0 amide bonds. The van der Waals surface area contributed by atoms with E-state index >= 15 is 0 Å². The average Bonchev–Trinajstić information content (AvgIpc) is 2.62. The number of rotatable bonds is 1. The topological polar surface area (TPSA) is 12.9 Å². The molecular weight excluding hydrogens is 194 g/mol. The zero-order valence-corrected chi connectivity index (χ0v) is 8.80. The first-order chi connectivity index (χ1) is 7.93. The van der Waals surface area contributed by atoms with Crippen LogP contribution in [0.1, 0.15) is 0 Å². The van der Waals surface area contributed by atoms with Gasteiger partial charge in [0.05, 0.1) is 0 Å². The third-order valence-corrected chi connectivity index (χ3v) is 2.72. The van der Waals surface area contributed by atoms with Crippen LogP contribution >= 0.6 is 0 Å². The quantitative estimate of drug-likeness (QED) is 0.588. The third-order valence-electron chi connectivity index (χ3n) is 2.72. The molecule has 2 aliphatic carbocycles. The van der Waals surface area contributed by atoms with E-state index in [0.717, 1.165) is 0 Å². The lowest BCUT2D eigenvalue weighted by Crippen LogP contribution is -1.73. The zero-order valence-electron chi connectivity index (χ0n) is 8.80. The fourth-order valence-electron chi connectivity index (χ4n) is 1.91. The fraction of sp³-hybridized carbons (Fsp3) is 0. The minimum absolute atomic E-state index is 1.17. The SMILES string of the molecule is c1ccc2cc(-c3cccnc3)cc-2cc1. The van der Waals surface area contributed by atoms with Crippen LogP contribution < -0.4 is 0 Å². The van der Waals surface area contributed by atoms with Gasteiger partial charge in [-0.2, -0.15) is 0 Å². The average molecular weight is 205 g/mol. The predicted molar refractivity (Wildman–Crippen MR) is 66.3 cm³/mol. The molecule has 0 atom stereocenters. The first-order valence-electron chi connectivity index (χ1n) is 5.33. The van der Waals surface area contributed by atoms with Crippen molar-refractivity contribution in [3.05, 3.63) is 67.0 Å². The first kappa shape index (κ1) is 9.10. The maximum absolute atomic E-state index is 4.14. The van der Waals surface area contributed by atoms with Crippen molar-refractivity contribution in [3.63, 3.8) is 0 Å². The van der Waals surface area contributed by atoms with E-state index in [9.17, 15) is 0 Å². The van der Waals surface area contributed by atoms with Crippen LogP contribution in [0.2, 0.25) is 0 Å². The number of hydrogen-bond acceptors (Lipinski definition) is 1. The highest BCUT2D eigenvalue weighted by Gasteiger charge is 2.05. The van der Waals surface area contributed by atoms with Crippen LogP contribution in [0.15, 0.2) is 67.0 Å². The number of fused-ring (bicyclic) bond motifs is 1. The molecule has 16 heavy (non-hydrogen) atoms. The van der Waals surface area contributed by atoms with E-state index in [4.69, 9.17) is 0 Å². The van der Waals surface area contributed by atoms with Crippen LogP contribution in [0.4, 0.5) is 0 Å². The highest BCUT2D eigenvalue weighted by atomic mass is 14.6. The van der Waals surface area contributed by atoms with Crippen LogP contribution in [0.25, 0.3) is 22.3 Å². The Bertz CT molecular complexity index is 541. The van der Waals surface area contributed by atoms with Gasteiger partial charge in [0.15, 0.2) is 0 Å². The molecule has 0 bridgehead atoms. The van der Waals surface area contributed by atoms with Gasteiger partial charge >= 0.3 is 0 Å². The summed E-state index contributed by atoms with van der Waals surface area (Å²) in [6, 6.07) is 18.9. The molecule has 0 spiro atoms. The molecular formula is C15H11N. The summed E-state index contributed by atoms with van der Waals surface area (Å²) in [5.74, 6) is 0. The monoisotopic (exact) mass is 205 g/mol. The Labute approximate surface area is 94.7 Å². The number of aromatic nitrogens is 1. The van der Waals surface area contributed by atoms with E-state index in [1.807, 2.05) is 18.3 Å². The third kappa shape index (κ3) is 1.57. The molecule has 1 aromatic rings. The summed E-state index contributed by atoms with van der Waals surface area (Å²) >= 11 is 0. The normalized spacial score (nSPS) is 10.5. The second kappa shape index (κ2) is 3.78. The van der Waals surface area contributed by atoms with Gasteiger partial charge in [-0.25, -0.2) is 0 Å². The lowest BCUT2D eigenvalue weighted by atomic mass is 10.1. The molecule has 0 unspecified atom stereocenters. The van der Waals surface area contributed by atoms with E-state index in [2.05, 4.69) is 47.4 Å². The molecule has 0 radical (unpaired) electrons. The molecule has 3 rings (SSSR count). The summed E-state index contributed by atoms with van der Waals surface area (Å²) < 4.78 is 0. The smallest absolute Gasteiger partial charge is 0.0346 e. The second-order valence-corrected chi connectivity index (χ2v) is 3.81. The molecule has 0 aromatic carbocycles. The van der Waals surface area contributed by atoms with Crippen molar-refractivity contribution in [1.82, 2.24) is 4.98 Å². The highest BCUT2D eigenvalue weighted by molar-refractivity contribution is 5.79. The Morgan fingerprint density at radius 1 is 0.625 bits per heavy atom. The van der Waals surface area contributed by atoms with Gasteiger partial charge in [0, 0.05) is 18.0 Å². The summed E-state index contributed by atoms with van der Waals surface area (Å²) in [5, 5.41) is 0. The van der Waals surface area contributed by atoms with E-state index in [-0.39, 0.29) is 0 Å². The Hall–Kier alpha value is -2.15. The molecule has 0 aliphatic heterocycles. The van der Waals surface area contributed by atoms with Gasteiger partial charge in [0.2, 0.25) is 0 Å². The van der Waals surface area contributed by atoms with Gasteiger partial charge in [-0.3, -0.25) is 4.98 Å². The van der Waals surface area contributed by atoms with E-state index < -0.39 is 0 Å². The van der Waals surface area contributed by atoms with Crippen LogP contribution in [-0.4, -0.2) is 4.98 Å². The number of nitrogens with zero attached hydrogens (tertiary/aromatic N) is 1. The Morgan fingerprint density at radius 3 is 1.94 bits per heavy atom. The fourth-order valence-corrected chi connectivity index (χ4v) is 1.91. The molecule has 76 valence electrons. The lowest BCUT2D eigenvalue weighted by molar-refractivity contribution is 1.33. The van der Waals surface area contributed by atoms with E-state index in [1.165, 1.54) is 22.3 Å². The Kier molecular flexibility index (Phi) is 2.15. The van der Waals surface area contributed by atoms with Gasteiger partial charge in [0.1, 0.15) is 0 Å². The minimum Gasteiger partial charge on any atom is -0.264 e. The molecule has 2 aliphatic rings. The highest BCUT2D eigenvalue weighted by Crippen LogP contribution is 2.30. The lowest BCUT2D eigenvalue weighted by Gasteiger charge is -1.93. The molecule has 1 nitrogen and oxygen atoms in total. The molecule has 0 fully saturated rings. The van der Waals surface area contributed by atoms with Crippen LogP contribution in [0.5, 0.6) is 0 Å². The van der Waals surface area contributed by atoms with E-state index in [0.29, 0.717) is 0 Å². The molecule has 1 heterocycles. The summed E-state index contributed by atoms with van der Waals surface area (Å²) in [6.07, 6.45) is 3.69. The van der Waals surface area contributed by atoms with Crippen molar-refractivity contribution < 1.29 is 0 Å². The summed E-state index contributed by atoms with van der Waals surface area (Å²) in [5.41, 5.74) is 4.93. The van der Waals surface area contributed by atoms with Gasteiger partial charge in [-0.1, -0.05) is 36.4 Å². The number of hydrogen-bond donors (Lipinski definition) is 0. The van der Waals surface area contributed by atoms with Crippen LogP contribution in [0, 0.1) is 0 Å².